The fourth-order valence-electron chi connectivity index (χ4n) is 1.45. The molecule has 2 rings (SSSR count). The molecule has 0 heterocycles. The lowest BCUT2D eigenvalue weighted by Gasteiger charge is -2.40. The Labute approximate surface area is 150 Å². The van der Waals surface area contributed by atoms with Crippen LogP contribution in [-0.4, -0.2) is 43.2 Å². The number of nitrogens with zero attached hydrogens (tertiary/aromatic N) is 1. The minimum absolute atomic E-state index is 0.428. The highest BCUT2D eigenvalue weighted by atomic mass is 16.5. The molecular formula is C17H27NO2. The van der Waals surface area contributed by atoms with E-state index in [1.807, 2.05) is 0 Å². The molecule has 1 aromatic carbocycles. The Hall–Kier alpha value is -1.06. The highest BCUT2D eigenvalue weighted by Gasteiger charge is 2.38. The molecule has 0 bridgehead atoms. The van der Waals surface area contributed by atoms with E-state index in [2.05, 4.69) is 4.74 Å². The van der Waals surface area contributed by atoms with E-state index >= 15 is 0 Å². The normalized spacial score (nSPS) is 50.0. The van der Waals surface area contributed by atoms with Crippen LogP contribution in [0, 0.1) is 0 Å². The summed E-state index contributed by atoms with van der Waals surface area (Å²) < 4.78 is 168. The van der Waals surface area contributed by atoms with Crippen molar-refractivity contribution in [1.29, 1.82) is 0 Å². The first-order chi connectivity index (χ1) is 17.3. The quantitative estimate of drug-likeness (QED) is 0.907. The zero-order chi connectivity index (χ0) is 32.2. The van der Waals surface area contributed by atoms with E-state index in [1.165, 1.54) is 0 Å². The van der Waals surface area contributed by atoms with Crippen molar-refractivity contribution in [2.45, 2.75) is 43.4 Å². The highest BCUT2D eigenvalue weighted by molar-refractivity contribution is 5.31. The average Bonchev–Trinajstić information content (AvgIpc) is 2.77. The first kappa shape index (κ1) is 3.82. The van der Waals surface area contributed by atoms with Gasteiger partial charge in [0.25, 0.3) is 0 Å². The van der Waals surface area contributed by atoms with E-state index in [0.717, 1.165) is 14.1 Å². The number of hydrogen-bond acceptors (Lipinski definition) is 3. The molecule has 1 atom stereocenters. The van der Waals surface area contributed by atoms with Gasteiger partial charge in [-0.1, -0.05) is 31.2 Å². The van der Waals surface area contributed by atoms with Crippen LogP contribution in [0.25, 0.3) is 0 Å². The molecule has 3 heteroatoms. The zero-order valence-electron chi connectivity index (χ0n) is 30.8. The second-order valence-corrected chi connectivity index (χ2v) is 4.02. The van der Waals surface area contributed by atoms with E-state index < -0.39 is 92.4 Å². The van der Waals surface area contributed by atoms with Crippen LogP contribution in [0.15, 0.2) is 24.2 Å². The summed E-state index contributed by atoms with van der Waals surface area (Å²) in [5.74, 6) is -5.47. The Morgan fingerprint density at radius 3 is 2.65 bits per heavy atom. The van der Waals surface area contributed by atoms with Crippen LogP contribution in [0.5, 0.6) is 5.75 Å². The van der Waals surface area contributed by atoms with Crippen molar-refractivity contribution in [1.82, 2.24) is 4.90 Å². The molecule has 20 heavy (non-hydrogen) atoms. The van der Waals surface area contributed by atoms with Crippen LogP contribution in [-0.2, 0) is 0 Å². The number of rotatable bonds is 5. The predicted molar refractivity (Wildman–Crippen MR) is 82.3 cm³/mol. The molecule has 0 amide bonds. The predicted octanol–water partition coefficient (Wildman–Crippen LogP) is 3.04. The average molecular weight is 298 g/mol. The summed E-state index contributed by atoms with van der Waals surface area (Å²) in [7, 11) is -1.58. The summed E-state index contributed by atoms with van der Waals surface area (Å²) in [6, 6.07) is -5.79. The van der Waals surface area contributed by atoms with Gasteiger partial charge in [0.15, 0.2) is 0 Å². The van der Waals surface area contributed by atoms with E-state index in [1.54, 1.807) is 0 Å². The zero-order valence-corrected chi connectivity index (χ0v) is 10.8. The molecule has 0 radical (unpaired) electrons. The summed E-state index contributed by atoms with van der Waals surface area (Å²) in [6.45, 7) is -3.70. The maximum absolute atomic E-state index is 12.0. The third-order valence-corrected chi connectivity index (χ3v) is 2.26. The van der Waals surface area contributed by atoms with Gasteiger partial charge in [0.2, 0.25) is 0 Å². The Bertz CT molecular complexity index is 1130. The van der Waals surface area contributed by atoms with Crippen LogP contribution >= 0.6 is 0 Å². The van der Waals surface area contributed by atoms with Crippen molar-refractivity contribution in [3.63, 3.8) is 0 Å². The second-order valence-electron chi connectivity index (χ2n) is 4.02. The molecule has 3 nitrogen and oxygen atoms in total. The molecule has 1 fully saturated rings. The Balaban J connectivity index is 3.35. The second kappa shape index (κ2) is 6.59. The van der Waals surface area contributed by atoms with Gasteiger partial charge in [0.05, 0.1) is 22.2 Å². The fraction of sp³-hybridized carbons (Fsp3) is 0.647. The van der Waals surface area contributed by atoms with Crippen molar-refractivity contribution in [3.05, 3.63) is 29.7 Å². The van der Waals surface area contributed by atoms with E-state index in [-0.39, 0.29) is 0 Å². The smallest absolute Gasteiger partial charge is 0.118 e. The lowest BCUT2D eigenvalue weighted by Crippen LogP contribution is -2.42. The van der Waals surface area contributed by atoms with Gasteiger partial charge >= 0.3 is 0 Å². The first-order valence-corrected chi connectivity index (χ1v) is 5.50. The van der Waals surface area contributed by atoms with Crippen molar-refractivity contribution in [3.8, 4) is 5.75 Å². The molecule has 1 aliphatic carbocycles. The fourth-order valence-corrected chi connectivity index (χ4v) is 1.45. The molecule has 1 aromatic rings. The van der Waals surface area contributed by atoms with Crippen LogP contribution in [0.2, 0.25) is 0 Å². The third kappa shape index (κ3) is 3.53. The van der Waals surface area contributed by atoms with Crippen LogP contribution in [0.3, 0.4) is 0 Å². The van der Waals surface area contributed by atoms with Crippen LogP contribution < -0.4 is 4.74 Å². The summed E-state index contributed by atoms with van der Waals surface area (Å²) in [5.41, 5.74) is -6.28. The topological polar surface area (TPSA) is 32.7 Å². The standard InChI is InChI=1S/C17H27NO2/c1-18(2)13-16(17(19)11-5-4-6-12-17)14-7-9-15(20-3)10-8-14/h7-10,16,19H,4-6,11-13H2,1-3H3/t16-/m1/s1/i3D3,4D2,5D2,6D2,7D,8D,9D,10D,11D2,12D2,13D2,16D. The monoisotopic (exact) mass is 297 g/mol. The molecule has 0 aromatic heterocycles. The number of methoxy groups -OCH3 is 1. The first-order valence-electron chi connectivity index (χ1n) is 15.5. The summed E-state index contributed by atoms with van der Waals surface area (Å²) >= 11 is 0. The van der Waals surface area contributed by atoms with Crippen LogP contribution in [0.1, 0.15) is 70.7 Å². The number of aliphatic hydroxyl groups is 1. The lowest BCUT2D eigenvalue weighted by atomic mass is 9.72. The Morgan fingerprint density at radius 1 is 1.45 bits per heavy atom. The molecule has 0 spiro atoms. The van der Waals surface area contributed by atoms with Gasteiger partial charge < -0.3 is 14.7 Å². The van der Waals surface area contributed by atoms with Gasteiger partial charge in [-0.25, -0.2) is 0 Å². The van der Waals surface area contributed by atoms with Gasteiger partial charge in [-0.05, 0) is 44.5 Å². The summed E-state index contributed by atoms with van der Waals surface area (Å²) in [5, 5.41) is 12.0. The Kier molecular flexibility index (Phi) is 1.26. The molecule has 1 N–H and O–H groups in total. The lowest BCUT2D eigenvalue weighted by molar-refractivity contribution is -0.0277. The van der Waals surface area contributed by atoms with Crippen molar-refractivity contribution in [2.24, 2.45) is 0 Å². The van der Waals surface area contributed by atoms with Crippen LogP contribution in [0.4, 0.5) is 0 Å². The number of hydrogen-bond donors (Lipinski definition) is 1. The Morgan fingerprint density at radius 2 is 2.10 bits per heavy atom. The third-order valence-electron chi connectivity index (χ3n) is 2.26. The van der Waals surface area contributed by atoms with Crippen molar-refractivity contribution < 1.29 is 37.3 Å². The number of benzene rings is 1. The van der Waals surface area contributed by atoms with Crippen molar-refractivity contribution in [2.75, 3.05) is 27.6 Å². The van der Waals surface area contributed by atoms with Gasteiger partial charge in [-0.3, -0.25) is 0 Å². The molecular weight excluding hydrogens is 250 g/mol. The molecule has 0 unspecified atom stereocenters. The molecule has 1 saturated carbocycles. The van der Waals surface area contributed by atoms with Crippen molar-refractivity contribution >= 4 is 0 Å². The molecule has 0 saturated heterocycles. The minimum atomic E-state index is -4.67. The van der Waals surface area contributed by atoms with Gasteiger partial charge in [-0.15, -0.1) is 0 Å². The maximum Gasteiger partial charge on any atom is 0.118 e. The SMILES string of the molecule is [2H]c1c([2H])c([C@@]([2H])(C([2H])([2H])N(C)C)C2(O)C([2H])([2H])C([2H])([2H])C([2H])([2H])C([2H])([2H])C2([2H])[2H])c([2H])c([2H])c1OC([2H])([2H])[2H]. The van der Waals surface area contributed by atoms with Gasteiger partial charge in [0.1, 0.15) is 5.75 Å². The van der Waals surface area contributed by atoms with E-state index in [0.29, 0.717) is 4.90 Å². The summed E-state index contributed by atoms with van der Waals surface area (Å²) in [4.78, 5) is 0.428. The maximum atomic E-state index is 12.0. The van der Waals surface area contributed by atoms with E-state index in [4.69, 9.17) is 26.0 Å². The molecule has 0 aliphatic heterocycles. The molecule has 112 valence electrons. The largest absolute Gasteiger partial charge is 0.497 e. The minimum Gasteiger partial charge on any atom is -0.497 e. The van der Waals surface area contributed by atoms with Gasteiger partial charge in [-0.2, -0.15) is 0 Å². The van der Waals surface area contributed by atoms with Gasteiger partial charge in [0, 0.05) is 30.2 Å². The highest BCUT2D eigenvalue weighted by Crippen LogP contribution is 2.40. The summed E-state index contributed by atoms with van der Waals surface area (Å²) in [6.07, 6.45) is -21.4. The molecule has 1 aliphatic rings. The number of ether oxygens (including phenoxy) is 1. The number of likely N-dealkylation sites (N-methyl/N-ethyl adjacent to an activating group) is 1. The van der Waals surface area contributed by atoms with E-state index in [9.17, 15) is 6.48 Å².